The van der Waals surface area contributed by atoms with E-state index in [1.807, 2.05) is 6.08 Å². The number of fused-ring (bicyclic) bond motifs is 1. The third-order valence-electron chi connectivity index (χ3n) is 13.5. The van der Waals surface area contributed by atoms with E-state index < -0.39 is 0 Å². The lowest BCUT2D eigenvalue weighted by Crippen LogP contribution is -2.17. The lowest BCUT2D eigenvalue weighted by atomic mass is 9.82. The van der Waals surface area contributed by atoms with Gasteiger partial charge in [-0.1, -0.05) is 195 Å². The Kier molecular flexibility index (Phi) is 12.4. The molecule has 0 aromatic heterocycles. The van der Waals surface area contributed by atoms with E-state index in [0.717, 1.165) is 97.7 Å². The summed E-state index contributed by atoms with van der Waals surface area (Å²) in [7, 11) is 0. The fraction of sp³-hybridized carbons (Fsp3) is 0.0588. The van der Waals surface area contributed by atoms with Crippen molar-refractivity contribution in [3.05, 3.63) is 328 Å². The summed E-state index contributed by atoms with van der Waals surface area (Å²) in [5.41, 5.74) is 27.6. The second-order valence-electron chi connectivity index (χ2n) is 18.1. The topological polar surface area (TPSA) is 15.6 Å². The zero-order valence-electron chi connectivity index (χ0n) is 39.4. The molecule has 2 aliphatic carbocycles. The third kappa shape index (κ3) is 9.25. The fourth-order valence-corrected chi connectivity index (χ4v) is 9.93. The van der Waals surface area contributed by atoms with Crippen LogP contribution >= 0.6 is 0 Å². The smallest absolute Gasteiger partial charge is 0.0675 e. The molecule has 8 aromatic rings. The first kappa shape index (κ1) is 43.7. The van der Waals surface area contributed by atoms with Crippen molar-refractivity contribution in [1.29, 1.82) is 0 Å². The van der Waals surface area contributed by atoms with Gasteiger partial charge in [0.25, 0.3) is 0 Å². The Morgan fingerprint density at radius 3 is 1.99 bits per heavy atom. The minimum atomic E-state index is 0.769. The van der Waals surface area contributed by atoms with E-state index in [1.165, 1.54) is 39.1 Å². The molecule has 0 saturated heterocycles. The number of hydrogen-bond acceptors (Lipinski definition) is 2. The highest BCUT2D eigenvalue weighted by Crippen LogP contribution is 2.42. The molecule has 334 valence electrons. The summed E-state index contributed by atoms with van der Waals surface area (Å²) in [6.45, 7) is 7.82. The van der Waals surface area contributed by atoms with Crippen molar-refractivity contribution in [2.45, 2.75) is 26.3 Å². The molecule has 8 aromatic carbocycles. The van der Waals surface area contributed by atoms with Crippen LogP contribution in [0.25, 0.3) is 27.8 Å². The Balaban J connectivity index is 0.989. The highest BCUT2D eigenvalue weighted by Gasteiger charge is 2.22. The van der Waals surface area contributed by atoms with Gasteiger partial charge in [0, 0.05) is 24.3 Å². The Hall–Kier alpha value is -8.81. The van der Waals surface area contributed by atoms with Crippen LogP contribution in [0.2, 0.25) is 0 Å². The molecule has 0 spiro atoms. The monoisotopic (exact) mass is 896 g/mol. The van der Waals surface area contributed by atoms with Crippen molar-refractivity contribution in [2.24, 2.45) is 4.99 Å². The van der Waals surface area contributed by atoms with Crippen LogP contribution in [-0.2, 0) is 13.0 Å². The minimum Gasteiger partial charge on any atom is -0.337 e. The lowest BCUT2D eigenvalue weighted by molar-refractivity contribution is 0.969. The van der Waals surface area contributed by atoms with E-state index in [1.54, 1.807) is 0 Å². The van der Waals surface area contributed by atoms with Crippen LogP contribution in [0.5, 0.6) is 0 Å². The Morgan fingerprint density at radius 1 is 0.586 bits per heavy atom. The third-order valence-corrected chi connectivity index (χ3v) is 13.5. The van der Waals surface area contributed by atoms with E-state index >= 15 is 0 Å². The summed E-state index contributed by atoms with van der Waals surface area (Å²) in [5, 5.41) is 0. The molecule has 1 aliphatic heterocycles. The van der Waals surface area contributed by atoms with E-state index in [9.17, 15) is 0 Å². The van der Waals surface area contributed by atoms with Crippen LogP contribution in [0, 0.1) is 6.92 Å². The second-order valence-corrected chi connectivity index (χ2v) is 18.1. The highest BCUT2D eigenvalue weighted by molar-refractivity contribution is 6.06. The van der Waals surface area contributed by atoms with Gasteiger partial charge >= 0.3 is 0 Å². The van der Waals surface area contributed by atoms with Crippen molar-refractivity contribution >= 4 is 39.5 Å². The zero-order chi connectivity index (χ0) is 47.2. The van der Waals surface area contributed by atoms with Crippen molar-refractivity contribution < 1.29 is 0 Å². The number of hydrogen-bond donors (Lipinski definition) is 0. The van der Waals surface area contributed by atoms with E-state index in [-0.39, 0.29) is 0 Å². The van der Waals surface area contributed by atoms with Gasteiger partial charge in [-0.2, -0.15) is 0 Å². The van der Waals surface area contributed by atoms with Crippen molar-refractivity contribution in [1.82, 2.24) is 0 Å². The first-order valence-electron chi connectivity index (χ1n) is 24.2. The molecule has 0 radical (unpaired) electrons. The van der Waals surface area contributed by atoms with Gasteiger partial charge in [-0.15, -0.1) is 5.73 Å². The molecular weight excluding hydrogens is 845 g/mol. The van der Waals surface area contributed by atoms with Crippen LogP contribution in [0.3, 0.4) is 0 Å². The largest absolute Gasteiger partial charge is 0.337 e. The molecular formula is C68H52N2. The number of nitrogens with zero attached hydrogens (tertiary/aromatic N) is 2. The molecule has 3 aliphatic rings. The van der Waals surface area contributed by atoms with Gasteiger partial charge < -0.3 is 4.90 Å². The first-order valence-corrected chi connectivity index (χ1v) is 24.2. The number of benzene rings is 8. The number of aryl methyl sites for hydroxylation is 1. The molecule has 2 nitrogen and oxygen atoms in total. The molecule has 1 heterocycles. The standard InChI is InChI=1S/C68H52N2/c1-48-41-57(38-40-67(48)70(62-33-16-7-17-34-62)47-50-21-8-3-9-22-50)58-37-39-63(64(44-58)49(2)51-23-10-4-11-24-51)68(53-27-14-6-15-28-53)61-32-20-31-56(43-61)54-29-18-19-30-55(42-54)59-35-36-60-46-65(69-66(60)45-59)52-25-12-5-13-26-52/h3-17,19-31,33-45H,2,32,46-47H2,1H3/b68-61+. The quantitative estimate of drug-likeness (QED) is 0.112. The molecule has 0 atom stereocenters. The van der Waals surface area contributed by atoms with E-state index in [2.05, 4.69) is 260 Å². The SMILES string of the molecule is C=C(c1ccccc1)c1cc(-c2ccc(N(Cc3ccccc3)c3ccccc3)c(C)c2)ccc1/C(=C1/C=C(C2=CC(c3ccc4c(c3)N=C(c3ccccc3)C4)=CC=C=C2)C=CC1)c1ccccc1. The number of aliphatic imine (C=N–C) groups is 1. The summed E-state index contributed by atoms with van der Waals surface area (Å²) in [5.74, 6) is 0. The number of para-hydroxylation sites is 1. The van der Waals surface area contributed by atoms with Gasteiger partial charge in [-0.25, -0.2) is 0 Å². The van der Waals surface area contributed by atoms with Gasteiger partial charge in [-0.3, -0.25) is 4.99 Å². The maximum atomic E-state index is 5.09. The van der Waals surface area contributed by atoms with Crippen LogP contribution in [0.15, 0.2) is 283 Å². The predicted molar refractivity (Wildman–Crippen MR) is 296 cm³/mol. The summed E-state index contributed by atoms with van der Waals surface area (Å²) < 4.78 is 0. The van der Waals surface area contributed by atoms with Gasteiger partial charge in [0.15, 0.2) is 0 Å². The maximum Gasteiger partial charge on any atom is 0.0675 e. The fourth-order valence-electron chi connectivity index (χ4n) is 9.93. The molecule has 0 amide bonds. The van der Waals surface area contributed by atoms with Crippen LogP contribution < -0.4 is 4.90 Å². The Bertz CT molecular complexity index is 3520. The van der Waals surface area contributed by atoms with Crippen molar-refractivity contribution in [3.63, 3.8) is 0 Å². The molecule has 0 bridgehead atoms. The molecule has 70 heavy (non-hydrogen) atoms. The molecule has 0 saturated carbocycles. The Morgan fingerprint density at radius 2 is 1.24 bits per heavy atom. The lowest BCUT2D eigenvalue weighted by Gasteiger charge is -2.27. The molecule has 11 rings (SSSR count). The van der Waals surface area contributed by atoms with Crippen LogP contribution in [0.4, 0.5) is 17.1 Å². The summed E-state index contributed by atoms with van der Waals surface area (Å²) >= 11 is 0. The average molecular weight is 897 g/mol. The van der Waals surface area contributed by atoms with Gasteiger partial charge in [-0.05, 0) is 169 Å². The number of anilines is 2. The minimum absolute atomic E-state index is 0.769. The van der Waals surface area contributed by atoms with E-state index in [4.69, 9.17) is 11.6 Å². The van der Waals surface area contributed by atoms with Crippen molar-refractivity contribution in [3.8, 4) is 11.1 Å². The average Bonchev–Trinajstić information content (AvgIpc) is 3.70. The maximum absolute atomic E-state index is 5.09. The van der Waals surface area contributed by atoms with Gasteiger partial charge in [0.05, 0.1) is 11.4 Å². The molecule has 0 fully saturated rings. The molecule has 0 unspecified atom stereocenters. The zero-order valence-corrected chi connectivity index (χ0v) is 39.4. The molecule has 2 heteroatoms. The first-order chi connectivity index (χ1) is 34.5. The number of allylic oxidation sites excluding steroid dienone is 10. The molecule has 0 N–H and O–H groups in total. The van der Waals surface area contributed by atoms with Gasteiger partial charge in [0.1, 0.15) is 0 Å². The van der Waals surface area contributed by atoms with Crippen LogP contribution in [-0.4, -0.2) is 5.71 Å². The van der Waals surface area contributed by atoms with Crippen molar-refractivity contribution in [2.75, 3.05) is 4.90 Å². The number of rotatable bonds is 12. The Labute approximate surface area is 412 Å². The summed E-state index contributed by atoms with van der Waals surface area (Å²) in [6, 6.07) is 73.9. The normalized spacial score (nSPS) is 14.5. The van der Waals surface area contributed by atoms with Gasteiger partial charge in [0.2, 0.25) is 0 Å². The van der Waals surface area contributed by atoms with E-state index in [0.29, 0.717) is 0 Å². The summed E-state index contributed by atoms with van der Waals surface area (Å²) in [6.07, 6.45) is 17.2. The second kappa shape index (κ2) is 19.8. The van der Waals surface area contributed by atoms with Crippen LogP contribution in [0.1, 0.15) is 56.5 Å². The predicted octanol–water partition coefficient (Wildman–Crippen LogP) is 17.2. The highest BCUT2D eigenvalue weighted by atomic mass is 15.1. The summed E-state index contributed by atoms with van der Waals surface area (Å²) in [4.78, 5) is 7.51.